The number of Topliss-reactive ketones (excluding diaryl/α,β-unsaturated/α-hetero) is 1. The summed E-state index contributed by atoms with van der Waals surface area (Å²) in [4.78, 5) is 23.4. The van der Waals surface area contributed by atoms with Crippen molar-refractivity contribution in [1.82, 2.24) is 0 Å². The highest BCUT2D eigenvalue weighted by atomic mass is 16.6. The summed E-state index contributed by atoms with van der Waals surface area (Å²) in [5, 5.41) is 10.1. The Bertz CT molecular complexity index is 813. The minimum atomic E-state index is -1.32. The first-order chi connectivity index (χ1) is 9.66. The second-order valence-corrected chi connectivity index (χ2v) is 4.26. The molecule has 0 fully saturated rings. The zero-order valence-electron chi connectivity index (χ0n) is 10.3. The smallest absolute Gasteiger partial charge is 0.391 e. The van der Waals surface area contributed by atoms with Crippen LogP contribution in [0.4, 0.5) is 0 Å². The molecule has 3 rings (SSSR count). The van der Waals surface area contributed by atoms with Gasteiger partial charge in [-0.25, -0.2) is 4.79 Å². The molecule has 0 bridgehead atoms. The summed E-state index contributed by atoms with van der Waals surface area (Å²) in [6, 6.07) is 13.1. The Balaban J connectivity index is 2.07. The van der Waals surface area contributed by atoms with E-state index < -0.39 is 17.7 Å². The van der Waals surface area contributed by atoms with Crippen molar-refractivity contribution in [3.63, 3.8) is 0 Å². The molecule has 1 heterocycles. The van der Waals surface area contributed by atoms with Gasteiger partial charge in [-0.3, -0.25) is 4.79 Å². The maximum atomic E-state index is 12.3. The summed E-state index contributed by atoms with van der Waals surface area (Å²) < 4.78 is 9.64. The molecule has 1 N–H and O–H groups in total. The van der Waals surface area contributed by atoms with Gasteiger partial charge in [0.25, 0.3) is 0 Å². The molecular weight excluding hydrogens is 260 g/mol. The summed E-state index contributed by atoms with van der Waals surface area (Å²) >= 11 is 0. The van der Waals surface area contributed by atoms with Crippen LogP contribution in [0.1, 0.15) is 22.0 Å². The number of hydrogen-bond acceptors (Lipinski definition) is 5. The number of ketones is 1. The third-order valence-corrected chi connectivity index (χ3v) is 2.99. The predicted octanol–water partition coefficient (Wildman–Crippen LogP) is 2.30. The van der Waals surface area contributed by atoms with Gasteiger partial charge in [-0.05, 0) is 17.7 Å². The van der Waals surface area contributed by atoms with E-state index in [0.29, 0.717) is 5.56 Å². The van der Waals surface area contributed by atoms with Crippen molar-refractivity contribution >= 4 is 16.9 Å². The number of aliphatic hydroxyl groups is 1. The van der Waals surface area contributed by atoms with Gasteiger partial charge in [-0.1, -0.05) is 36.4 Å². The molecule has 0 spiro atoms. The number of hydrogen-bond donors (Lipinski definition) is 1. The summed E-state index contributed by atoms with van der Waals surface area (Å²) in [5.74, 6) is -1.43. The predicted molar refractivity (Wildman–Crippen MR) is 70.5 cm³/mol. The standard InChI is InChI=1S/C15H10O5/c16-12(9-5-2-1-3-6-9)13(17)10-7-4-8-11-14(10)20-15(18)19-11/h1-8,12,16H. The first-order valence-electron chi connectivity index (χ1n) is 5.96. The van der Waals surface area contributed by atoms with Crippen LogP contribution in [-0.4, -0.2) is 10.9 Å². The van der Waals surface area contributed by atoms with Crippen LogP contribution in [0.5, 0.6) is 0 Å². The molecule has 0 saturated heterocycles. The molecule has 3 aromatic rings. The molecule has 20 heavy (non-hydrogen) atoms. The number of carbonyl (C=O) groups is 1. The quantitative estimate of drug-likeness (QED) is 0.738. The minimum absolute atomic E-state index is 0.0532. The SMILES string of the molecule is O=C(c1cccc2oc(=O)oc12)C(O)c1ccccc1. The lowest BCUT2D eigenvalue weighted by Crippen LogP contribution is -2.12. The van der Waals surface area contributed by atoms with Gasteiger partial charge in [-0.15, -0.1) is 0 Å². The number of carbonyl (C=O) groups excluding carboxylic acids is 1. The first-order valence-corrected chi connectivity index (χ1v) is 5.96. The first kappa shape index (κ1) is 12.4. The normalized spacial score (nSPS) is 12.4. The van der Waals surface area contributed by atoms with Crippen molar-refractivity contribution in [1.29, 1.82) is 0 Å². The van der Waals surface area contributed by atoms with Crippen LogP contribution in [-0.2, 0) is 0 Å². The number of benzene rings is 2. The van der Waals surface area contributed by atoms with E-state index in [9.17, 15) is 14.7 Å². The Morgan fingerprint density at radius 3 is 2.50 bits per heavy atom. The number of aliphatic hydroxyl groups excluding tert-OH is 1. The maximum Gasteiger partial charge on any atom is 0.519 e. The van der Waals surface area contributed by atoms with E-state index in [1.165, 1.54) is 12.1 Å². The summed E-state index contributed by atoms with van der Waals surface area (Å²) in [6.45, 7) is 0. The van der Waals surface area contributed by atoms with Crippen molar-refractivity contribution in [3.8, 4) is 0 Å². The molecular formula is C15H10O5. The lowest BCUT2D eigenvalue weighted by Gasteiger charge is -2.09. The fraction of sp³-hybridized carbons (Fsp3) is 0.0667. The van der Waals surface area contributed by atoms with Gasteiger partial charge in [0.15, 0.2) is 16.9 Å². The summed E-state index contributed by atoms with van der Waals surface area (Å²) in [5.41, 5.74) is 0.823. The zero-order chi connectivity index (χ0) is 14.1. The van der Waals surface area contributed by atoms with Crippen LogP contribution < -0.4 is 5.82 Å². The molecule has 0 saturated carbocycles. The molecule has 1 atom stereocenters. The second kappa shape index (κ2) is 4.79. The summed E-state index contributed by atoms with van der Waals surface area (Å²) in [6.07, 6.45) is -1.32. The molecule has 5 heteroatoms. The third-order valence-electron chi connectivity index (χ3n) is 2.99. The maximum absolute atomic E-state index is 12.3. The highest BCUT2D eigenvalue weighted by Gasteiger charge is 2.23. The third kappa shape index (κ3) is 2.04. The average molecular weight is 270 g/mol. The number of rotatable bonds is 3. The van der Waals surface area contributed by atoms with Gasteiger partial charge in [0, 0.05) is 0 Å². The van der Waals surface area contributed by atoms with Gasteiger partial charge in [0.1, 0.15) is 6.10 Å². The molecule has 0 amide bonds. The zero-order valence-corrected chi connectivity index (χ0v) is 10.3. The monoisotopic (exact) mass is 270 g/mol. The van der Waals surface area contributed by atoms with Crippen molar-refractivity contribution in [2.75, 3.05) is 0 Å². The van der Waals surface area contributed by atoms with E-state index in [1.54, 1.807) is 36.4 Å². The molecule has 5 nitrogen and oxygen atoms in total. The van der Waals surface area contributed by atoms with Gasteiger partial charge in [0.05, 0.1) is 5.56 Å². The lowest BCUT2D eigenvalue weighted by atomic mass is 9.99. The van der Waals surface area contributed by atoms with Gasteiger partial charge < -0.3 is 13.9 Å². The fourth-order valence-corrected chi connectivity index (χ4v) is 2.02. The van der Waals surface area contributed by atoms with Crippen molar-refractivity contribution in [2.45, 2.75) is 6.10 Å². The Morgan fingerprint density at radius 1 is 1.00 bits per heavy atom. The van der Waals surface area contributed by atoms with Gasteiger partial charge >= 0.3 is 5.82 Å². The van der Waals surface area contributed by atoms with Crippen molar-refractivity contribution in [3.05, 3.63) is 70.3 Å². The summed E-state index contributed by atoms with van der Waals surface area (Å²) in [7, 11) is 0. The van der Waals surface area contributed by atoms with E-state index in [2.05, 4.69) is 0 Å². The van der Waals surface area contributed by atoms with Crippen LogP contribution in [0.2, 0.25) is 0 Å². The molecule has 0 aliphatic rings. The molecule has 0 aliphatic heterocycles. The van der Waals surface area contributed by atoms with E-state index in [-0.39, 0.29) is 16.7 Å². The molecule has 2 aromatic carbocycles. The van der Waals surface area contributed by atoms with Crippen molar-refractivity contribution in [2.24, 2.45) is 0 Å². The Labute approximate surface area is 113 Å². The number of fused-ring (bicyclic) bond motifs is 1. The van der Waals surface area contributed by atoms with E-state index >= 15 is 0 Å². The highest BCUT2D eigenvalue weighted by molar-refractivity contribution is 6.07. The average Bonchev–Trinajstić information content (AvgIpc) is 2.86. The molecule has 0 radical (unpaired) electrons. The number of para-hydroxylation sites is 1. The van der Waals surface area contributed by atoms with E-state index in [0.717, 1.165) is 0 Å². The fourth-order valence-electron chi connectivity index (χ4n) is 2.02. The Hall–Kier alpha value is -2.66. The lowest BCUT2D eigenvalue weighted by molar-refractivity contribution is 0.0748. The Morgan fingerprint density at radius 2 is 1.75 bits per heavy atom. The molecule has 0 aliphatic carbocycles. The minimum Gasteiger partial charge on any atom is -0.391 e. The van der Waals surface area contributed by atoms with Crippen LogP contribution in [0.3, 0.4) is 0 Å². The highest BCUT2D eigenvalue weighted by Crippen LogP contribution is 2.24. The van der Waals surface area contributed by atoms with Gasteiger partial charge in [-0.2, -0.15) is 0 Å². The second-order valence-electron chi connectivity index (χ2n) is 4.26. The topological polar surface area (TPSA) is 80.7 Å². The van der Waals surface area contributed by atoms with E-state index in [1.807, 2.05) is 0 Å². The van der Waals surface area contributed by atoms with Gasteiger partial charge in [0.2, 0.25) is 0 Å². The van der Waals surface area contributed by atoms with E-state index in [4.69, 9.17) is 8.83 Å². The van der Waals surface area contributed by atoms with Crippen LogP contribution in [0.15, 0.2) is 62.2 Å². The molecule has 100 valence electrons. The molecule has 1 unspecified atom stereocenters. The largest absolute Gasteiger partial charge is 0.519 e. The molecule has 1 aromatic heterocycles. The van der Waals surface area contributed by atoms with Crippen molar-refractivity contribution < 1.29 is 18.7 Å². The van der Waals surface area contributed by atoms with Crippen LogP contribution in [0.25, 0.3) is 11.2 Å². The van der Waals surface area contributed by atoms with Crippen LogP contribution in [0, 0.1) is 0 Å². The Kier molecular flexibility index (Phi) is 2.96. The van der Waals surface area contributed by atoms with Crippen LogP contribution >= 0.6 is 0 Å².